The summed E-state index contributed by atoms with van der Waals surface area (Å²) in [6.45, 7) is 6.15. The lowest BCUT2D eigenvalue weighted by molar-refractivity contribution is 0.358. The standard InChI is InChI=1S/C23H27N5O/c1-3-15-29-21-12-8-7-11-20(21)16-26-23(24-2)27-17-22-25-13-14-28(22)18-19-9-5-4-6-10-19/h3-14H,1,15-18H2,2H3,(H2,24,26,27). The molecule has 6 heteroatoms. The Labute approximate surface area is 172 Å². The quantitative estimate of drug-likeness (QED) is 0.335. The first kappa shape index (κ1) is 20.2. The molecule has 3 aromatic rings. The van der Waals surface area contributed by atoms with Crippen LogP contribution in [0.3, 0.4) is 0 Å². The SMILES string of the molecule is C=CCOc1ccccc1CNC(=NC)NCc1nccn1Cc1ccccc1. The zero-order valence-corrected chi connectivity index (χ0v) is 16.7. The normalized spacial score (nSPS) is 11.1. The molecule has 0 fully saturated rings. The molecule has 3 rings (SSSR count). The molecule has 0 atom stereocenters. The maximum Gasteiger partial charge on any atom is 0.191 e. The Hall–Kier alpha value is -3.54. The van der Waals surface area contributed by atoms with Crippen molar-refractivity contribution in [1.29, 1.82) is 0 Å². The number of nitrogens with zero attached hydrogens (tertiary/aromatic N) is 3. The van der Waals surface area contributed by atoms with Gasteiger partial charge in [-0.05, 0) is 11.6 Å². The van der Waals surface area contributed by atoms with Crippen LogP contribution in [0.5, 0.6) is 5.75 Å². The fraction of sp³-hybridized carbons (Fsp3) is 0.217. The van der Waals surface area contributed by atoms with Gasteiger partial charge in [-0.15, -0.1) is 0 Å². The Kier molecular flexibility index (Phi) is 7.46. The van der Waals surface area contributed by atoms with E-state index in [-0.39, 0.29) is 0 Å². The third kappa shape index (κ3) is 5.97. The van der Waals surface area contributed by atoms with Gasteiger partial charge >= 0.3 is 0 Å². The molecule has 29 heavy (non-hydrogen) atoms. The highest BCUT2D eigenvalue weighted by molar-refractivity contribution is 5.79. The monoisotopic (exact) mass is 389 g/mol. The lowest BCUT2D eigenvalue weighted by Gasteiger charge is -2.15. The van der Waals surface area contributed by atoms with Crippen LogP contribution in [0.2, 0.25) is 0 Å². The minimum Gasteiger partial charge on any atom is -0.489 e. The van der Waals surface area contributed by atoms with E-state index >= 15 is 0 Å². The lowest BCUT2D eigenvalue weighted by atomic mass is 10.2. The average molecular weight is 390 g/mol. The Bertz CT molecular complexity index is 933. The van der Waals surface area contributed by atoms with Crippen LogP contribution < -0.4 is 15.4 Å². The van der Waals surface area contributed by atoms with Crippen molar-refractivity contribution < 1.29 is 4.74 Å². The van der Waals surface area contributed by atoms with Crippen molar-refractivity contribution in [3.05, 3.63) is 96.6 Å². The van der Waals surface area contributed by atoms with Crippen molar-refractivity contribution in [1.82, 2.24) is 20.2 Å². The molecule has 0 spiro atoms. The summed E-state index contributed by atoms with van der Waals surface area (Å²) in [5.74, 6) is 2.50. The smallest absolute Gasteiger partial charge is 0.191 e. The number of nitrogens with one attached hydrogen (secondary N) is 2. The number of aliphatic imine (C=N–C) groups is 1. The number of hydrogen-bond acceptors (Lipinski definition) is 3. The Morgan fingerprint density at radius 1 is 1.10 bits per heavy atom. The van der Waals surface area contributed by atoms with Crippen molar-refractivity contribution >= 4 is 5.96 Å². The number of rotatable bonds is 9. The third-order valence-electron chi connectivity index (χ3n) is 4.41. The lowest BCUT2D eigenvalue weighted by Crippen LogP contribution is -2.37. The van der Waals surface area contributed by atoms with Crippen LogP contribution in [0, 0.1) is 0 Å². The van der Waals surface area contributed by atoms with Crippen LogP contribution >= 0.6 is 0 Å². The van der Waals surface area contributed by atoms with Gasteiger partial charge < -0.3 is 19.9 Å². The zero-order valence-electron chi connectivity index (χ0n) is 16.7. The number of ether oxygens (including phenoxy) is 1. The molecule has 0 aliphatic carbocycles. The largest absolute Gasteiger partial charge is 0.489 e. The van der Waals surface area contributed by atoms with E-state index in [1.165, 1.54) is 5.56 Å². The number of imidazole rings is 1. The van der Waals surface area contributed by atoms with Crippen LogP contribution in [-0.2, 0) is 19.6 Å². The molecule has 0 aliphatic rings. The fourth-order valence-corrected chi connectivity index (χ4v) is 2.93. The predicted molar refractivity (Wildman–Crippen MR) is 117 cm³/mol. The second-order valence-corrected chi connectivity index (χ2v) is 6.44. The van der Waals surface area contributed by atoms with Crippen molar-refractivity contribution in [2.75, 3.05) is 13.7 Å². The second kappa shape index (κ2) is 10.7. The number of aromatic nitrogens is 2. The van der Waals surface area contributed by atoms with Gasteiger partial charge in [0, 0.05) is 38.1 Å². The van der Waals surface area contributed by atoms with Gasteiger partial charge in [-0.25, -0.2) is 4.98 Å². The second-order valence-electron chi connectivity index (χ2n) is 6.44. The number of hydrogen-bond donors (Lipinski definition) is 2. The molecule has 0 saturated carbocycles. The molecule has 0 unspecified atom stereocenters. The van der Waals surface area contributed by atoms with Gasteiger partial charge in [0.1, 0.15) is 18.2 Å². The molecule has 1 heterocycles. The van der Waals surface area contributed by atoms with E-state index < -0.39 is 0 Å². The molecular formula is C23H27N5O. The van der Waals surface area contributed by atoms with E-state index in [1.54, 1.807) is 13.1 Å². The third-order valence-corrected chi connectivity index (χ3v) is 4.41. The van der Waals surface area contributed by atoms with E-state index in [1.807, 2.05) is 54.9 Å². The first-order chi connectivity index (χ1) is 14.3. The molecule has 0 bridgehead atoms. The van der Waals surface area contributed by atoms with Gasteiger partial charge in [0.15, 0.2) is 5.96 Å². The Morgan fingerprint density at radius 3 is 2.66 bits per heavy atom. The van der Waals surface area contributed by atoms with E-state index in [0.29, 0.717) is 25.7 Å². The minimum absolute atomic E-state index is 0.480. The molecule has 6 nitrogen and oxygen atoms in total. The maximum absolute atomic E-state index is 5.71. The highest BCUT2D eigenvalue weighted by Gasteiger charge is 2.07. The highest BCUT2D eigenvalue weighted by Crippen LogP contribution is 2.17. The van der Waals surface area contributed by atoms with Gasteiger partial charge in [0.05, 0.1) is 6.54 Å². The summed E-state index contributed by atoms with van der Waals surface area (Å²) in [6, 6.07) is 18.3. The first-order valence-corrected chi connectivity index (χ1v) is 9.60. The molecular weight excluding hydrogens is 362 g/mol. The summed E-state index contributed by atoms with van der Waals surface area (Å²) in [7, 11) is 1.76. The van der Waals surface area contributed by atoms with Gasteiger partial charge in [-0.3, -0.25) is 4.99 Å². The number of para-hydroxylation sites is 1. The van der Waals surface area contributed by atoms with Crippen molar-refractivity contribution in [3.8, 4) is 5.75 Å². The zero-order chi connectivity index (χ0) is 20.3. The Balaban J connectivity index is 1.56. The summed E-state index contributed by atoms with van der Waals surface area (Å²) < 4.78 is 7.84. The van der Waals surface area contributed by atoms with Gasteiger partial charge in [-0.2, -0.15) is 0 Å². The molecule has 2 aromatic carbocycles. The molecule has 2 N–H and O–H groups in total. The molecule has 0 radical (unpaired) electrons. The highest BCUT2D eigenvalue weighted by atomic mass is 16.5. The summed E-state index contributed by atoms with van der Waals surface area (Å²) in [5.41, 5.74) is 2.30. The summed E-state index contributed by atoms with van der Waals surface area (Å²) in [6.07, 6.45) is 5.55. The predicted octanol–water partition coefficient (Wildman–Crippen LogP) is 3.36. The average Bonchev–Trinajstić information content (AvgIpc) is 3.20. The fourth-order valence-electron chi connectivity index (χ4n) is 2.93. The van der Waals surface area contributed by atoms with E-state index in [2.05, 4.69) is 43.9 Å². The van der Waals surface area contributed by atoms with Crippen LogP contribution in [0.15, 0.2) is 84.6 Å². The van der Waals surface area contributed by atoms with E-state index in [4.69, 9.17) is 4.74 Å². The van der Waals surface area contributed by atoms with Crippen molar-refractivity contribution in [2.45, 2.75) is 19.6 Å². The van der Waals surface area contributed by atoms with E-state index in [9.17, 15) is 0 Å². The van der Waals surface area contributed by atoms with Crippen molar-refractivity contribution in [3.63, 3.8) is 0 Å². The topological polar surface area (TPSA) is 63.5 Å². The Morgan fingerprint density at radius 2 is 1.86 bits per heavy atom. The van der Waals surface area contributed by atoms with Crippen molar-refractivity contribution in [2.24, 2.45) is 4.99 Å². The first-order valence-electron chi connectivity index (χ1n) is 9.60. The number of benzene rings is 2. The van der Waals surface area contributed by atoms with Gasteiger partial charge in [0.25, 0.3) is 0 Å². The maximum atomic E-state index is 5.71. The van der Waals surface area contributed by atoms with Gasteiger partial charge in [0.2, 0.25) is 0 Å². The molecule has 0 amide bonds. The van der Waals surface area contributed by atoms with Crippen LogP contribution in [0.25, 0.3) is 0 Å². The van der Waals surface area contributed by atoms with Crippen LogP contribution in [0.4, 0.5) is 0 Å². The molecule has 0 aliphatic heterocycles. The van der Waals surface area contributed by atoms with Crippen LogP contribution in [0.1, 0.15) is 17.0 Å². The molecule has 0 saturated heterocycles. The van der Waals surface area contributed by atoms with Crippen LogP contribution in [-0.4, -0.2) is 29.2 Å². The molecule has 1 aromatic heterocycles. The summed E-state index contributed by atoms with van der Waals surface area (Å²) in [5, 5.41) is 6.66. The molecule has 150 valence electrons. The van der Waals surface area contributed by atoms with Gasteiger partial charge in [-0.1, -0.05) is 61.2 Å². The number of guanidine groups is 1. The summed E-state index contributed by atoms with van der Waals surface area (Å²) in [4.78, 5) is 8.78. The minimum atomic E-state index is 0.480. The van der Waals surface area contributed by atoms with E-state index in [0.717, 1.165) is 23.7 Å². The summed E-state index contributed by atoms with van der Waals surface area (Å²) >= 11 is 0.